The van der Waals surface area contributed by atoms with E-state index >= 15 is 0 Å². The number of aryl methyl sites for hydroxylation is 2. The zero-order valence-electron chi connectivity index (χ0n) is 10.9. The van der Waals surface area contributed by atoms with E-state index in [1.54, 1.807) is 12.1 Å². The first-order valence-corrected chi connectivity index (χ1v) is 7.56. The minimum Gasteiger partial charge on any atom is -0.338 e. The van der Waals surface area contributed by atoms with E-state index in [2.05, 4.69) is 16.4 Å². The van der Waals surface area contributed by atoms with Gasteiger partial charge in [-0.05, 0) is 43.0 Å². The molecule has 2 aromatic rings. The summed E-state index contributed by atoms with van der Waals surface area (Å²) < 4.78 is 0. The number of anilines is 2. The second-order valence-corrected chi connectivity index (χ2v) is 6.05. The number of pyridine rings is 1. The molecule has 0 spiro atoms. The van der Waals surface area contributed by atoms with E-state index in [0.29, 0.717) is 32.1 Å². The molecular weight excluding hydrogens is 329 g/mol. The zero-order chi connectivity index (χ0) is 15.0. The predicted molar refractivity (Wildman–Crippen MR) is 85.7 cm³/mol. The molecule has 0 saturated carbocycles. The lowest BCUT2D eigenvalue weighted by Gasteiger charge is -2.12. The number of nitrogens with one attached hydrogen (secondary N) is 1. The Balaban J connectivity index is 2.02. The quantitative estimate of drug-likeness (QED) is 0.771. The molecule has 0 fully saturated rings. The fraction of sp³-hybridized carbons (Fsp3) is 0.200. The van der Waals surface area contributed by atoms with Crippen molar-refractivity contribution in [2.24, 2.45) is 0 Å². The average Bonchev–Trinajstić information content (AvgIpc) is 2.91. The summed E-state index contributed by atoms with van der Waals surface area (Å²) in [4.78, 5) is 4.54. The normalized spacial score (nSPS) is 12.9. The fourth-order valence-electron chi connectivity index (χ4n) is 2.40. The molecule has 0 radical (unpaired) electrons. The van der Waals surface area contributed by atoms with Gasteiger partial charge in [0.25, 0.3) is 0 Å². The highest BCUT2D eigenvalue weighted by Crippen LogP contribution is 2.35. The van der Waals surface area contributed by atoms with Crippen molar-refractivity contribution in [1.82, 2.24) is 4.98 Å². The SMILES string of the molecule is N#Cc1cc2c(nc1Nc1cc(Cl)c(Cl)cc1Cl)CCC2. The van der Waals surface area contributed by atoms with Crippen LogP contribution in [0.3, 0.4) is 0 Å². The topological polar surface area (TPSA) is 48.7 Å². The third kappa shape index (κ3) is 2.80. The number of hydrogen-bond donors (Lipinski definition) is 1. The fourth-order valence-corrected chi connectivity index (χ4v) is 2.99. The van der Waals surface area contributed by atoms with Crippen molar-refractivity contribution in [2.75, 3.05) is 5.32 Å². The van der Waals surface area contributed by atoms with Crippen LogP contribution in [-0.2, 0) is 12.8 Å². The smallest absolute Gasteiger partial charge is 0.148 e. The van der Waals surface area contributed by atoms with Crippen molar-refractivity contribution < 1.29 is 0 Å². The van der Waals surface area contributed by atoms with Gasteiger partial charge in [-0.1, -0.05) is 34.8 Å². The van der Waals surface area contributed by atoms with Crippen molar-refractivity contribution >= 4 is 46.3 Å². The van der Waals surface area contributed by atoms with Crippen LogP contribution in [0.15, 0.2) is 18.2 Å². The minimum atomic E-state index is 0.384. The van der Waals surface area contributed by atoms with Gasteiger partial charge in [0.15, 0.2) is 0 Å². The van der Waals surface area contributed by atoms with Gasteiger partial charge in [0.05, 0.1) is 26.3 Å². The lowest BCUT2D eigenvalue weighted by Crippen LogP contribution is -2.01. The average molecular weight is 339 g/mol. The van der Waals surface area contributed by atoms with E-state index in [9.17, 15) is 5.26 Å². The van der Waals surface area contributed by atoms with Crippen molar-refractivity contribution in [3.05, 3.63) is 50.1 Å². The molecule has 0 atom stereocenters. The Morgan fingerprint density at radius 3 is 2.57 bits per heavy atom. The second kappa shape index (κ2) is 5.73. The van der Waals surface area contributed by atoms with Crippen molar-refractivity contribution in [3.8, 4) is 6.07 Å². The lowest BCUT2D eigenvalue weighted by molar-refractivity contribution is 0.900. The Hall–Kier alpha value is -1.47. The van der Waals surface area contributed by atoms with Gasteiger partial charge in [-0.2, -0.15) is 5.26 Å². The Morgan fingerprint density at radius 2 is 1.81 bits per heavy atom. The first kappa shape index (κ1) is 14.5. The minimum absolute atomic E-state index is 0.384. The number of hydrogen-bond acceptors (Lipinski definition) is 3. The molecule has 1 aliphatic rings. The largest absolute Gasteiger partial charge is 0.338 e. The molecule has 1 aromatic carbocycles. The Bertz CT molecular complexity index is 766. The van der Waals surface area contributed by atoms with Crippen molar-refractivity contribution in [1.29, 1.82) is 5.26 Å². The first-order chi connectivity index (χ1) is 10.1. The number of halogens is 3. The molecule has 3 rings (SSSR count). The highest BCUT2D eigenvalue weighted by Gasteiger charge is 2.17. The molecule has 21 heavy (non-hydrogen) atoms. The molecule has 1 aromatic heterocycles. The van der Waals surface area contributed by atoms with Crippen molar-refractivity contribution in [2.45, 2.75) is 19.3 Å². The van der Waals surface area contributed by atoms with Crippen LogP contribution >= 0.6 is 34.8 Å². The highest BCUT2D eigenvalue weighted by molar-refractivity contribution is 6.44. The Kier molecular flexibility index (Phi) is 3.95. The van der Waals surface area contributed by atoms with Crippen LogP contribution in [0.4, 0.5) is 11.5 Å². The maximum atomic E-state index is 9.29. The summed E-state index contributed by atoms with van der Waals surface area (Å²) in [5.41, 5.74) is 3.26. The van der Waals surface area contributed by atoms with E-state index in [4.69, 9.17) is 34.8 Å². The van der Waals surface area contributed by atoms with Gasteiger partial charge < -0.3 is 5.32 Å². The van der Waals surface area contributed by atoms with E-state index in [0.717, 1.165) is 30.5 Å². The van der Waals surface area contributed by atoms with Gasteiger partial charge in [-0.3, -0.25) is 0 Å². The van der Waals surface area contributed by atoms with Crippen LogP contribution in [0.2, 0.25) is 15.1 Å². The van der Waals surface area contributed by atoms with Crippen molar-refractivity contribution in [3.63, 3.8) is 0 Å². The molecule has 1 heterocycles. The molecule has 0 aliphatic heterocycles. The summed E-state index contributed by atoms with van der Waals surface area (Å²) in [6.07, 6.45) is 2.99. The van der Waals surface area contributed by atoms with Crippen LogP contribution in [-0.4, -0.2) is 4.98 Å². The number of benzene rings is 1. The molecule has 1 N–H and O–H groups in total. The van der Waals surface area contributed by atoms with E-state index < -0.39 is 0 Å². The zero-order valence-corrected chi connectivity index (χ0v) is 13.1. The van der Waals surface area contributed by atoms with Crippen LogP contribution in [0.5, 0.6) is 0 Å². The number of nitrogens with zero attached hydrogens (tertiary/aromatic N) is 2. The van der Waals surface area contributed by atoms with Gasteiger partial charge in [-0.25, -0.2) is 4.98 Å². The highest BCUT2D eigenvalue weighted by atomic mass is 35.5. The van der Waals surface area contributed by atoms with Gasteiger partial charge >= 0.3 is 0 Å². The van der Waals surface area contributed by atoms with Gasteiger partial charge in [0, 0.05) is 5.69 Å². The number of aromatic nitrogens is 1. The number of fused-ring (bicyclic) bond motifs is 1. The summed E-state index contributed by atoms with van der Waals surface area (Å²) >= 11 is 18.1. The summed E-state index contributed by atoms with van der Waals surface area (Å²) in [7, 11) is 0. The van der Waals surface area contributed by atoms with E-state index in [1.807, 2.05) is 6.07 Å². The lowest BCUT2D eigenvalue weighted by atomic mass is 10.1. The monoisotopic (exact) mass is 337 g/mol. The number of nitriles is 1. The molecule has 0 unspecified atom stereocenters. The third-order valence-electron chi connectivity index (χ3n) is 3.43. The summed E-state index contributed by atoms with van der Waals surface area (Å²) in [5.74, 6) is 0.499. The van der Waals surface area contributed by atoms with E-state index in [1.165, 1.54) is 0 Å². The summed E-state index contributed by atoms with van der Waals surface area (Å²) in [5, 5.41) is 13.6. The van der Waals surface area contributed by atoms with E-state index in [-0.39, 0.29) is 0 Å². The van der Waals surface area contributed by atoms with Gasteiger partial charge in [0.2, 0.25) is 0 Å². The van der Waals surface area contributed by atoms with Crippen LogP contribution < -0.4 is 5.32 Å². The standard InChI is InChI=1S/C15H10Cl3N3/c16-10-5-12(18)14(6-11(10)17)21-15-9(7-19)4-8-2-1-3-13(8)20-15/h4-6H,1-3H2,(H,20,21). The summed E-state index contributed by atoms with van der Waals surface area (Å²) in [6, 6.07) is 7.25. The molecule has 6 heteroatoms. The Morgan fingerprint density at radius 1 is 1.05 bits per heavy atom. The third-order valence-corrected chi connectivity index (χ3v) is 4.47. The summed E-state index contributed by atoms with van der Waals surface area (Å²) in [6.45, 7) is 0. The number of rotatable bonds is 2. The maximum Gasteiger partial charge on any atom is 0.148 e. The van der Waals surface area contributed by atoms with Gasteiger partial charge in [0.1, 0.15) is 11.9 Å². The predicted octanol–water partition coefficient (Wildman–Crippen LogP) is 5.15. The maximum absolute atomic E-state index is 9.29. The van der Waals surface area contributed by atoms with Gasteiger partial charge in [-0.15, -0.1) is 0 Å². The molecule has 0 bridgehead atoms. The second-order valence-electron chi connectivity index (χ2n) is 4.83. The molecule has 0 saturated heterocycles. The Labute approximate surface area is 137 Å². The first-order valence-electron chi connectivity index (χ1n) is 6.43. The van der Waals surface area contributed by atoms with Crippen LogP contribution in [0.25, 0.3) is 0 Å². The molecular formula is C15H10Cl3N3. The van der Waals surface area contributed by atoms with Crippen LogP contribution in [0, 0.1) is 11.3 Å². The molecule has 0 amide bonds. The van der Waals surface area contributed by atoms with Crippen LogP contribution in [0.1, 0.15) is 23.2 Å². The molecule has 3 nitrogen and oxygen atoms in total. The molecule has 1 aliphatic carbocycles. The molecule has 106 valence electrons.